The standard InChI is InChI=1S/C10H15NO/c1-3-4-5-6-9(2)10-7-8-12-11-10/h3-6,10-11H,2,7-8H2,1H3/b4-3-,6-5-/t10-/m0/s1. The van der Waals surface area contributed by atoms with Crippen molar-refractivity contribution >= 4 is 0 Å². The third-order valence-electron chi connectivity index (χ3n) is 1.80. The molecule has 0 aromatic rings. The van der Waals surface area contributed by atoms with Crippen molar-refractivity contribution in [2.45, 2.75) is 19.4 Å². The van der Waals surface area contributed by atoms with Crippen molar-refractivity contribution in [3.63, 3.8) is 0 Å². The highest BCUT2D eigenvalue weighted by Crippen LogP contribution is 2.10. The van der Waals surface area contributed by atoms with E-state index in [1.807, 2.05) is 31.2 Å². The van der Waals surface area contributed by atoms with Gasteiger partial charge >= 0.3 is 0 Å². The van der Waals surface area contributed by atoms with Gasteiger partial charge in [-0.3, -0.25) is 0 Å². The fourth-order valence-corrected chi connectivity index (χ4v) is 1.06. The normalized spacial score (nSPS) is 24.2. The predicted octanol–water partition coefficient (Wildman–Crippen LogP) is 1.97. The minimum absolute atomic E-state index is 0.298. The van der Waals surface area contributed by atoms with Crippen LogP contribution in [0.2, 0.25) is 0 Å². The first-order valence-corrected chi connectivity index (χ1v) is 4.20. The maximum Gasteiger partial charge on any atom is 0.0701 e. The summed E-state index contributed by atoms with van der Waals surface area (Å²) in [6.45, 7) is 6.71. The summed E-state index contributed by atoms with van der Waals surface area (Å²) in [5.41, 5.74) is 3.98. The van der Waals surface area contributed by atoms with Gasteiger partial charge in [0.25, 0.3) is 0 Å². The molecule has 1 aliphatic heterocycles. The second-order valence-electron chi connectivity index (χ2n) is 2.77. The number of nitrogens with one attached hydrogen (secondary N) is 1. The van der Waals surface area contributed by atoms with Crippen molar-refractivity contribution in [2.24, 2.45) is 0 Å². The molecule has 0 bridgehead atoms. The van der Waals surface area contributed by atoms with E-state index in [0.29, 0.717) is 6.04 Å². The quantitative estimate of drug-likeness (QED) is 0.645. The second-order valence-corrected chi connectivity index (χ2v) is 2.77. The number of allylic oxidation sites excluding steroid dienone is 3. The highest BCUT2D eigenvalue weighted by Gasteiger charge is 2.15. The monoisotopic (exact) mass is 165 g/mol. The van der Waals surface area contributed by atoms with Crippen LogP contribution in [0.4, 0.5) is 0 Å². The van der Waals surface area contributed by atoms with Gasteiger partial charge in [-0.05, 0) is 18.9 Å². The van der Waals surface area contributed by atoms with Crippen LogP contribution in [-0.4, -0.2) is 12.6 Å². The smallest absolute Gasteiger partial charge is 0.0701 e. The van der Waals surface area contributed by atoms with Crippen LogP contribution >= 0.6 is 0 Å². The molecule has 1 heterocycles. The zero-order valence-corrected chi connectivity index (χ0v) is 7.42. The Morgan fingerprint density at radius 3 is 3.00 bits per heavy atom. The van der Waals surface area contributed by atoms with E-state index in [0.717, 1.165) is 18.6 Å². The highest BCUT2D eigenvalue weighted by atomic mass is 16.7. The van der Waals surface area contributed by atoms with Gasteiger partial charge in [0.1, 0.15) is 0 Å². The lowest BCUT2D eigenvalue weighted by atomic mass is 10.1. The molecule has 2 nitrogen and oxygen atoms in total. The van der Waals surface area contributed by atoms with Crippen LogP contribution < -0.4 is 5.48 Å². The van der Waals surface area contributed by atoms with Gasteiger partial charge < -0.3 is 4.84 Å². The Bertz CT molecular complexity index is 200. The van der Waals surface area contributed by atoms with E-state index in [4.69, 9.17) is 4.84 Å². The molecular weight excluding hydrogens is 150 g/mol. The van der Waals surface area contributed by atoms with Crippen LogP contribution in [0, 0.1) is 0 Å². The van der Waals surface area contributed by atoms with E-state index in [9.17, 15) is 0 Å². The summed E-state index contributed by atoms with van der Waals surface area (Å²) in [4.78, 5) is 5.02. The van der Waals surface area contributed by atoms with Crippen molar-refractivity contribution in [2.75, 3.05) is 6.61 Å². The Labute approximate surface area is 73.6 Å². The van der Waals surface area contributed by atoms with Gasteiger partial charge in [-0.2, -0.15) is 5.48 Å². The van der Waals surface area contributed by atoms with Gasteiger partial charge in [0.15, 0.2) is 0 Å². The van der Waals surface area contributed by atoms with Crippen molar-refractivity contribution in [1.29, 1.82) is 0 Å². The average Bonchev–Trinajstić information content (AvgIpc) is 2.56. The molecule has 1 rings (SSSR count). The van der Waals surface area contributed by atoms with Crippen molar-refractivity contribution in [3.8, 4) is 0 Å². The van der Waals surface area contributed by atoms with Crippen LogP contribution in [0.5, 0.6) is 0 Å². The Morgan fingerprint density at radius 1 is 1.58 bits per heavy atom. The molecular formula is C10H15NO. The third kappa shape index (κ3) is 2.64. The summed E-state index contributed by atoms with van der Waals surface area (Å²) < 4.78 is 0. The van der Waals surface area contributed by atoms with E-state index in [1.165, 1.54) is 0 Å². The maximum absolute atomic E-state index is 5.02. The summed E-state index contributed by atoms with van der Waals surface area (Å²) in [6, 6.07) is 0.298. The Balaban J connectivity index is 2.36. The second kappa shape index (κ2) is 4.91. The molecule has 0 spiro atoms. The van der Waals surface area contributed by atoms with E-state index in [1.54, 1.807) is 0 Å². The number of rotatable bonds is 3. The van der Waals surface area contributed by atoms with E-state index < -0.39 is 0 Å². The van der Waals surface area contributed by atoms with E-state index in [-0.39, 0.29) is 0 Å². The van der Waals surface area contributed by atoms with Crippen LogP contribution in [0.25, 0.3) is 0 Å². The fraction of sp³-hybridized carbons (Fsp3) is 0.400. The van der Waals surface area contributed by atoms with Gasteiger partial charge in [0.05, 0.1) is 12.6 Å². The first kappa shape index (κ1) is 9.23. The molecule has 0 aromatic carbocycles. The Hall–Kier alpha value is -0.860. The number of hydrogen-bond donors (Lipinski definition) is 1. The van der Waals surface area contributed by atoms with Gasteiger partial charge in [-0.1, -0.05) is 30.9 Å². The topological polar surface area (TPSA) is 21.3 Å². The molecule has 0 radical (unpaired) electrons. The molecule has 0 unspecified atom stereocenters. The Kier molecular flexibility index (Phi) is 3.77. The molecule has 1 saturated heterocycles. The molecule has 1 fully saturated rings. The predicted molar refractivity (Wildman–Crippen MR) is 50.6 cm³/mol. The lowest BCUT2D eigenvalue weighted by Crippen LogP contribution is -2.20. The first-order chi connectivity index (χ1) is 5.84. The zero-order chi connectivity index (χ0) is 8.81. The van der Waals surface area contributed by atoms with Crippen molar-refractivity contribution in [1.82, 2.24) is 5.48 Å². The molecule has 0 saturated carbocycles. The summed E-state index contributed by atoms with van der Waals surface area (Å²) >= 11 is 0. The largest absolute Gasteiger partial charge is 0.301 e. The summed E-state index contributed by atoms with van der Waals surface area (Å²) in [7, 11) is 0. The zero-order valence-electron chi connectivity index (χ0n) is 7.42. The van der Waals surface area contributed by atoms with Crippen molar-refractivity contribution < 1.29 is 4.84 Å². The molecule has 0 aromatic heterocycles. The Morgan fingerprint density at radius 2 is 2.42 bits per heavy atom. The van der Waals surface area contributed by atoms with Gasteiger partial charge in [0, 0.05) is 0 Å². The lowest BCUT2D eigenvalue weighted by molar-refractivity contribution is 0.0934. The molecule has 1 N–H and O–H groups in total. The van der Waals surface area contributed by atoms with Gasteiger partial charge in [-0.15, -0.1) is 0 Å². The lowest BCUT2D eigenvalue weighted by Gasteiger charge is -2.06. The van der Waals surface area contributed by atoms with Crippen LogP contribution in [0.15, 0.2) is 36.5 Å². The highest BCUT2D eigenvalue weighted by molar-refractivity contribution is 5.24. The molecule has 0 aliphatic carbocycles. The summed E-state index contributed by atoms with van der Waals surface area (Å²) in [5, 5.41) is 0. The maximum atomic E-state index is 5.02. The van der Waals surface area contributed by atoms with Crippen LogP contribution in [0.3, 0.4) is 0 Å². The summed E-state index contributed by atoms with van der Waals surface area (Å²) in [6.07, 6.45) is 8.98. The molecule has 66 valence electrons. The first-order valence-electron chi connectivity index (χ1n) is 4.20. The van der Waals surface area contributed by atoms with E-state index in [2.05, 4.69) is 12.1 Å². The third-order valence-corrected chi connectivity index (χ3v) is 1.80. The number of hydrogen-bond acceptors (Lipinski definition) is 2. The summed E-state index contributed by atoms with van der Waals surface area (Å²) in [5.74, 6) is 0. The van der Waals surface area contributed by atoms with Gasteiger partial charge in [0.2, 0.25) is 0 Å². The van der Waals surface area contributed by atoms with E-state index >= 15 is 0 Å². The van der Waals surface area contributed by atoms with Gasteiger partial charge in [-0.25, -0.2) is 0 Å². The molecule has 2 heteroatoms. The molecule has 0 amide bonds. The minimum atomic E-state index is 0.298. The molecule has 1 aliphatic rings. The average molecular weight is 165 g/mol. The van der Waals surface area contributed by atoms with Crippen molar-refractivity contribution in [3.05, 3.63) is 36.5 Å². The minimum Gasteiger partial charge on any atom is -0.301 e. The fourth-order valence-electron chi connectivity index (χ4n) is 1.06. The SMILES string of the molecule is C=C(/C=C\C=C/C)[C@@H]1CCON1. The number of hydroxylamine groups is 1. The van der Waals surface area contributed by atoms with Crippen LogP contribution in [0.1, 0.15) is 13.3 Å². The van der Waals surface area contributed by atoms with Crippen LogP contribution in [-0.2, 0) is 4.84 Å². The molecule has 12 heavy (non-hydrogen) atoms. The molecule has 1 atom stereocenters.